The number of nitrogens with one attached hydrogen (secondary N) is 1. The minimum Gasteiger partial charge on any atom is -0.489 e. The summed E-state index contributed by atoms with van der Waals surface area (Å²) in [5.41, 5.74) is 6.32. The highest BCUT2D eigenvalue weighted by atomic mass is 32.1. The normalized spacial score (nSPS) is 10.6. The molecule has 3 rings (SSSR count). The molecule has 26 heavy (non-hydrogen) atoms. The van der Waals surface area contributed by atoms with Crippen LogP contribution in [0, 0.1) is 27.7 Å². The van der Waals surface area contributed by atoms with Crippen LogP contribution in [0.1, 0.15) is 37.5 Å². The molecule has 1 N–H and O–H groups in total. The Kier molecular flexibility index (Phi) is 5.43. The van der Waals surface area contributed by atoms with Gasteiger partial charge in [0, 0.05) is 11.3 Å². The number of thiophene rings is 1. The number of ether oxygens (including phenoxy) is 1. The SMILES string of the molecule is Cc1ccc(C)c(NC(=O)c2cc(COc3cc(C)ccc3C)cs2)c1. The lowest BCUT2D eigenvalue weighted by Gasteiger charge is -2.09. The molecule has 0 saturated heterocycles. The zero-order valence-corrected chi connectivity index (χ0v) is 16.4. The lowest BCUT2D eigenvalue weighted by atomic mass is 10.1. The summed E-state index contributed by atoms with van der Waals surface area (Å²) in [5.74, 6) is 0.805. The number of anilines is 1. The Balaban J connectivity index is 1.66. The fourth-order valence-corrected chi connectivity index (χ4v) is 3.44. The molecule has 0 unspecified atom stereocenters. The van der Waals surface area contributed by atoms with E-state index < -0.39 is 0 Å². The van der Waals surface area contributed by atoms with Crippen LogP contribution in [0.15, 0.2) is 47.8 Å². The maximum Gasteiger partial charge on any atom is 0.265 e. The van der Waals surface area contributed by atoms with Crippen LogP contribution in [0.2, 0.25) is 0 Å². The summed E-state index contributed by atoms with van der Waals surface area (Å²) < 4.78 is 5.92. The molecule has 3 aromatic rings. The first-order chi connectivity index (χ1) is 12.4. The van der Waals surface area contributed by atoms with Crippen molar-refractivity contribution in [1.82, 2.24) is 0 Å². The molecule has 0 bridgehead atoms. The number of carbonyl (C=O) groups excluding carboxylic acids is 1. The van der Waals surface area contributed by atoms with E-state index in [9.17, 15) is 4.79 Å². The Morgan fingerprint density at radius 2 is 1.65 bits per heavy atom. The molecule has 0 aliphatic carbocycles. The fourth-order valence-electron chi connectivity index (χ4n) is 2.65. The molecule has 0 aliphatic heterocycles. The monoisotopic (exact) mass is 365 g/mol. The van der Waals surface area contributed by atoms with Crippen LogP contribution in [0.4, 0.5) is 5.69 Å². The van der Waals surface area contributed by atoms with Crippen molar-refractivity contribution in [3.8, 4) is 5.75 Å². The molecule has 1 aromatic heterocycles. The smallest absolute Gasteiger partial charge is 0.265 e. The number of hydrogen-bond donors (Lipinski definition) is 1. The maximum absolute atomic E-state index is 12.5. The summed E-state index contributed by atoms with van der Waals surface area (Å²) >= 11 is 1.44. The third-order valence-electron chi connectivity index (χ3n) is 4.26. The van der Waals surface area contributed by atoms with E-state index in [2.05, 4.69) is 17.4 Å². The first kappa shape index (κ1) is 18.2. The second-order valence-electron chi connectivity index (χ2n) is 6.65. The summed E-state index contributed by atoms with van der Waals surface area (Å²) in [7, 11) is 0. The molecule has 0 aliphatic rings. The van der Waals surface area contributed by atoms with E-state index in [0.717, 1.165) is 33.7 Å². The zero-order valence-electron chi connectivity index (χ0n) is 15.6. The molecule has 1 amide bonds. The summed E-state index contributed by atoms with van der Waals surface area (Å²) in [4.78, 5) is 13.2. The van der Waals surface area contributed by atoms with E-state index in [0.29, 0.717) is 11.5 Å². The van der Waals surface area contributed by atoms with Gasteiger partial charge in [-0.05, 0) is 73.5 Å². The molecule has 0 saturated carbocycles. The van der Waals surface area contributed by atoms with Crippen LogP contribution in [0.25, 0.3) is 0 Å². The van der Waals surface area contributed by atoms with E-state index in [4.69, 9.17) is 4.74 Å². The Hall–Kier alpha value is -2.59. The van der Waals surface area contributed by atoms with E-state index >= 15 is 0 Å². The fraction of sp³-hybridized carbons (Fsp3) is 0.227. The molecule has 0 atom stereocenters. The predicted molar refractivity (Wildman–Crippen MR) is 108 cm³/mol. The van der Waals surface area contributed by atoms with Gasteiger partial charge in [0.15, 0.2) is 0 Å². The Morgan fingerprint density at radius 3 is 2.42 bits per heavy atom. The van der Waals surface area contributed by atoms with Crippen molar-refractivity contribution in [3.63, 3.8) is 0 Å². The van der Waals surface area contributed by atoms with Crippen molar-refractivity contribution in [2.45, 2.75) is 34.3 Å². The Labute approximate surface area is 158 Å². The van der Waals surface area contributed by atoms with E-state index in [1.807, 2.05) is 63.4 Å². The topological polar surface area (TPSA) is 38.3 Å². The molecule has 0 fully saturated rings. The quantitative estimate of drug-likeness (QED) is 0.619. The summed E-state index contributed by atoms with van der Waals surface area (Å²) in [5, 5.41) is 4.98. The Bertz CT molecular complexity index is 943. The number of rotatable bonds is 5. The standard InChI is InChI=1S/C22H23NO2S/c1-14-5-7-16(3)19(9-14)23-22(24)21-11-18(13-26-21)12-25-20-10-15(2)6-8-17(20)4/h5-11,13H,12H2,1-4H3,(H,23,24). The summed E-state index contributed by atoms with van der Waals surface area (Å²) in [6.45, 7) is 8.55. The number of aryl methyl sites for hydroxylation is 4. The van der Waals surface area contributed by atoms with Gasteiger partial charge >= 0.3 is 0 Å². The lowest BCUT2D eigenvalue weighted by Crippen LogP contribution is -2.11. The van der Waals surface area contributed by atoms with Gasteiger partial charge in [-0.1, -0.05) is 24.3 Å². The maximum atomic E-state index is 12.5. The van der Waals surface area contributed by atoms with Crippen molar-refractivity contribution >= 4 is 22.9 Å². The molecule has 0 spiro atoms. The predicted octanol–water partition coefficient (Wildman–Crippen LogP) is 5.81. The second kappa shape index (κ2) is 7.75. The van der Waals surface area contributed by atoms with Gasteiger partial charge in [-0.3, -0.25) is 4.79 Å². The van der Waals surface area contributed by atoms with Gasteiger partial charge in [0.1, 0.15) is 12.4 Å². The Morgan fingerprint density at radius 1 is 0.962 bits per heavy atom. The van der Waals surface area contributed by atoms with Crippen LogP contribution in [0.5, 0.6) is 5.75 Å². The molecular weight excluding hydrogens is 342 g/mol. The highest BCUT2D eigenvalue weighted by molar-refractivity contribution is 7.12. The molecule has 4 heteroatoms. The van der Waals surface area contributed by atoms with Crippen molar-refractivity contribution in [3.05, 3.63) is 80.5 Å². The molecule has 3 nitrogen and oxygen atoms in total. The molecule has 2 aromatic carbocycles. The van der Waals surface area contributed by atoms with E-state index in [-0.39, 0.29) is 5.91 Å². The van der Waals surface area contributed by atoms with Gasteiger partial charge in [-0.25, -0.2) is 0 Å². The average Bonchev–Trinajstić information content (AvgIpc) is 3.08. The van der Waals surface area contributed by atoms with Crippen molar-refractivity contribution in [1.29, 1.82) is 0 Å². The van der Waals surface area contributed by atoms with Crippen LogP contribution < -0.4 is 10.1 Å². The number of amides is 1. The molecule has 0 radical (unpaired) electrons. The largest absolute Gasteiger partial charge is 0.489 e. The third-order valence-corrected chi connectivity index (χ3v) is 5.23. The van der Waals surface area contributed by atoms with Crippen molar-refractivity contribution < 1.29 is 9.53 Å². The van der Waals surface area contributed by atoms with Gasteiger partial charge in [-0.2, -0.15) is 0 Å². The van der Waals surface area contributed by atoms with Crippen molar-refractivity contribution in [2.24, 2.45) is 0 Å². The van der Waals surface area contributed by atoms with Gasteiger partial charge in [-0.15, -0.1) is 11.3 Å². The van der Waals surface area contributed by atoms with Crippen LogP contribution >= 0.6 is 11.3 Å². The van der Waals surface area contributed by atoms with Gasteiger partial charge in [0.25, 0.3) is 5.91 Å². The number of benzene rings is 2. The van der Waals surface area contributed by atoms with Gasteiger partial charge < -0.3 is 10.1 Å². The molecule has 134 valence electrons. The number of carbonyl (C=O) groups is 1. The zero-order chi connectivity index (χ0) is 18.7. The van der Waals surface area contributed by atoms with E-state index in [1.165, 1.54) is 16.9 Å². The van der Waals surface area contributed by atoms with Crippen LogP contribution in [0.3, 0.4) is 0 Å². The summed E-state index contributed by atoms with van der Waals surface area (Å²) in [6, 6.07) is 14.1. The van der Waals surface area contributed by atoms with Gasteiger partial charge in [0.2, 0.25) is 0 Å². The van der Waals surface area contributed by atoms with Gasteiger partial charge in [0.05, 0.1) is 4.88 Å². The first-order valence-corrected chi connectivity index (χ1v) is 9.46. The van der Waals surface area contributed by atoms with Crippen LogP contribution in [-0.4, -0.2) is 5.91 Å². The minimum atomic E-state index is -0.0818. The highest BCUT2D eigenvalue weighted by Crippen LogP contribution is 2.23. The highest BCUT2D eigenvalue weighted by Gasteiger charge is 2.11. The van der Waals surface area contributed by atoms with E-state index in [1.54, 1.807) is 0 Å². The lowest BCUT2D eigenvalue weighted by molar-refractivity contribution is 0.103. The molecule has 1 heterocycles. The summed E-state index contributed by atoms with van der Waals surface area (Å²) in [6.07, 6.45) is 0. The second-order valence-corrected chi connectivity index (χ2v) is 7.56. The minimum absolute atomic E-state index is 0.0818. The average molecular weight is 365 g/mol. The first-order valence-electron chi connectivity index (χ1n) is 8.58. The molecular formula is C22H23NO2S. The van der Waals surface area contributed by atoms with Crippen molar-refractivity contribution in [2.75, 3.05) is 5.32 Å². The van der Waals surface area contributed by atoms with Crippen LogP contribution in [-0.2, 0) is 6.61 Å². The third kappa shape index (κ3) is 4.33. The number of hydrogen-bond acceptors (Lipinski definition) is 3.